The molecule has 0 saturated carbocycles. The van der Waals surface area contributed by atoms with Gasteiger partial charge in [-0.15, -0.1) is 0 Å². The summed E-state index contributed by atoms with van der Waals surface area (Å²) in [5, 5.41) is 4.16. The predicted octanol–water partition coefficient (Wildman–Crippen LogP) is 3.97. The van der Waals surface area contributed by atoms with Crippen LogP contribution in [0.3, 0.4) is 0 Å². The van der Waals surface area contributed by atoms with Gasteiger partial charge >= 0.3 is 5.97 Å². The molecule has 7 heteroatoms. The van der Waals surface area contributed by atoms with Crippen LogP contribution in [0.2, 0.25) is 0 Å². The van der Waals surface area contributed by atoms with Gasteiger partial charge in [-0.2, -0.15) is 4.98 Å². The highest BCUT2D eigenvalue weighted by atomic mass is 16.5. The molecule has 2 heterocycles. The molecule has 1 aromatic carbocycles. The monoisotopic (exact) mass is 437 g/mol. The van der Waals surface area contributed by atoms with Gasteiger partial charge in [0.05, 0.1) is 13.6 Å². The maximum Gasteiger partial charge on any atom is 0.333 e. The second-order valence-corrected chi connectivity index (χ2v) is 8.64. The number of allylic oxidation sites excluding steroid dienone is 2. The third kappa shape index (κ3) is 5.34. The minimum Gasteiger partial charge on any atom is -0.454 e. The number of rotatable bonds is 9. The van der Waals surface area contributed by atoms with Crippen LogP contribution in [-0.2, 0) is 16.1 Å². The molecule has 3 rings (SSSR count). The summed E-state index contributed by atoms with van der Waals surface area (Å²) in [7, 11) is 3.99. The largest absolute Gasteiger partial charge is 0.454 e. The molecule has 0 amide bonds. The van der Waals surface area contributed by atoms with Crippen molar-refractivity contribution < 1.29 is 18.5 Å². The number of quaternary nitrogens is 1. The van der Waals surface area contributed by atoms with Gasteiger partial charge in [-0.3, -0.25) is 0 Å². The van der Waals surface area contributed by atoms with E-state index in [9.17, 15) is 4.79 Å². The van der Waals surface area contributed by atoms with Gasteiger partial charge in [0, 0.05) is 24.7 Å². The third-order valence-corrected chi connectivity index (χ3v) is 6.13. The molecule has 1 saturated heterocycles. The van der Waals surface area contributed by atoms with Crippen molar-refractivity contribution >= 4 is 5.97 Å². The number of likely N-dealkylation sites (N-methyl/N-ethyl adjacent to an activating group) is 2. The van der Waals surface area contributed by atoms with Crippen molar-refractivity contribution in [2.75, 3.05) is 27.2 Å². The van der Waals surface area contributed by atoms with Crippen LogP contribution in [0, 0.1) is 0 Å². The van der Waals surface area contributed by atoms with E-state index in [1.54, 1.807) is 6.08 Å². The van der Waals surface area contributed by atoms with E-state index in [-0.39, 0.29) is 12.1 Å². The molecule has 1 aliphatic heterocycles. The third-order valence-electron chi connectivity index (χ3n) is 6.13. The number of aromatic nitrogens is 2. The molecule has 0 spiro atoms. The zero-order valence-electron chi connectivity index (χ0n) is 19.5. The van der Waals surface area contributed by atoms with Gasteiger partial charge in [-0.25, -0.2) is 4.79 Å². The minimum atomic E-state index is -0.589. The number of benzene rings is 1. The molecular weight excluding hydrogens is 404 g/mol. The normalized spacial score (nSPS) is 21.8. The summed E-state index contributed by atoms with van der Waals surface area (Å²) < 4.78 is 12.0. The first-order valence-electron chi connectivity index (χ1n) is 10.9. The zero-order valence-corrected chi connectivity index (χ0v) is 19.5. The van der Waals surface area contributed by atoms with Crippen LogP contribution in [0.1, 0.15) is 26.1 Å². The highest BCUT2D eigenvalue weighted by Crippen LogP contribution is 2.25. The Hall–Kier alpha value is -3.19. The van der Waals surface area contributed by atoms with Crippen LogP contribution in [0.5, 0.6) is 0 Å². The van der Waals surface area contributed by atoms with E-state index in [4.69, 9.17) is 9.26 Å². The smallest absolute Gasteiger partial charge is 0.333 e. The molecule has 2 aromatic rings. The van der Waals surface area contributed by atoms with Crippen LogP contribution >= 0.6 is 0 Å². The van der Waals surface area contributed by atoms with E-state index in [2.05, 4.69) is 30.3 Å². The molecule has 1 aromatic heterocycles. The molecule has 3 unspecified atom stereocenters. The summed E-state index contributed by atoms with van der Waals surface area (Å²) >= 11 is 0. The lowest BCUT2D eigenvalue weighted by atomic mass is 10.1. The highest BCUT2D eigenvalue weighted by molar-refractivity contribution is 5.80. The van der Waals surface area contributed by atoms with Crippen molar-refractivity contribution in [1.82, 2.24) is 15.0 Å². The maximum absolute atomic E-state index is 13.0. The number of carbonyl (C=O) groups excluding carboxylic acids is 1. The van der Waals surface area contributed by atoms with Crippen molar-refractivity contribution in [1.29, 1.82) is 0 Å². The fourth-order valence-electron chi connectivity index (χ4n) is 4.03. The molecule has 3 atom stereocenters. The van der Waals surface area contributed by atoms with Crippen LogP contribution in [0.4, 0.5) is 0 Å². The standard InChI is InChI=1S/C25H33N4O3/c1-7-18(3)23(28(5)19(4)8-2)25(30)31-21-14-15-29(6,16-21)17-22-26-24(32-27-22)20-12-10-9-11-13-20/h7-13,21,23H,1,3,14-17H2,2,4-6H3/q+1. The molecule has 0 N–H and O–H groups in total. The second kappa shape index (κ2) is 9.96. The number of nitrogens with zero attached hydrogens (tertiary/aromatic N) is 4. The molecule has 1 fully saturated rings. The Labute approximate surface area is 190 Å². The molecule has 32 heavy (non-hydrogen) atoms. The Morgan fingerprint density at radius 2 is 2.12 bits per heavy atom. The first-order chi connectivity index (χ1) is 15.3. The van der Waals surface area contributed by atoms with E-state index in [0.29, 0.717) is 34.9 Å². The number of esters is 1. The summed E-state index contributed by atoms with van der Waals surface area (Å²) in [6, 6.07) is 9.13. The van der Waals surface area contributed by atoms with Crippen molar-refractivity contribution in [3.63, 3.8) is 0 Å². The Kier molecular flexibility index (Phi) is 7.30. The van der Waals surface area contributed by atoms with Crippen LogP contribution in [-0.4, -0.2) is 64.8 Å². The van der Waals surface area contributed by atoms with Crippen molar-refractivity contribution in [2.45, 2.75) is 39.0 Å². The SMILES string of the molecule is C=CC(=C)C(C(=O)OC1CC[N+](C)(Cc2noc(-c3ccccc3)n2)C1)N(C)C(C)=CC. The van der Waals surface area contributed by atoms with Gasteiger partial charge in [0.25, 0.3) is 5.89 Å². The molecule has 0 bridgehead atoms. The predicted molar refractivity (Wildman–Crippen MR) is 124 cm³/mol. The average Bonchev–Trinajstić information content (AvgIpc) is 3.40. The Bertz CT molecular complexity index is 998. The number of hydrogen-bond acceptors (Lipinski definition) is 6. The summed E-state index contributed by atoms with van der Waals surface area (Å²) in [4.78, 5) is 19.5. The van der Waals surface area contributed by atoms with Crippen LogP contribution in [0.25, 0.3) is 11.5 Å². The average molecular weight is 438 g/mol. The van der Waals surface area contributed by atoms with E-state index < -0.39 is 6.04 Å². The van der Waals surface area contributed by atoms with Gasteiger partial charge in [-0.05, 0) is 31.6 Å². The summed E-state index contributed by atoms with van der Waals surface area (Å²) in [5.41, 5.74) is 2.48. The van der Waals surface area contributed by atoms with Gasteiger partial charge in [0.15, 0.2) is 12.1 Å². The summed E-state index contributed by atoms with van der Waals surface area (Å²) in [6.07, 6.45) is 4.17. The Morgan fingerprint density at radius 3 is 2.78 bits per heavy atom. The molecule has 170 valence electrons. The first-order valence-corrected chi connectivity index (χ1v) is 10.9. The van der Waals surface area contributed by atoms with Gasteiger partial charge in [0.1, 0.15) is 13.1 Å². The van der Waals surface area contributed by atoms with Crippen molar-refractivity contribution in [3.8, 4) is 11.5 Å². The molecular formula is C25H33N4O3+. The molecule has 7 nitrogen and oxygen atoms in total. The summed E-state index contributed by atoms with van der Waals surface area (Å²) in [5.74, 6) is 0.866. The lowest BCUT2D eigenvalue weighted by molar-refractivity contribution is -0.912. The number of likely N-dealkylation sites (tertiary alicyclic amines) is 1. The second-order valence-electron chi connectivity index (χ2n) is 8.64. The van der Waals surface area contributed by atoms with Gasteiger partial charge in [-0.1, -0.05) is 48.7 Å². The lowest BCUT2D eigenvalue weighted by Gasteiger charge is -2.31. The van der Waals surface area contributed by atoms with E-state index in [1.165, 1.54) is 0 Å². The molecule has 0 radical (unpaired) electrons. The fraction of sp³-hybridized carbons (Fsp3) is 0.400. The minimum absolute atomic E-state index is 0.174. The zero-order chi connectivity index (χ0) is 23.3. The fourth-order valence-corrected chi connectivity index (χ4v) is 4.03. The van der Waals surface area contributed by atoms with E-state index in [1.807, 2.05) is 62.2 Å². The number of carbonyl (C=O) groups is 1. The quantitative estimate of drug-likeness (QED) is 0.336. The number of hydrogen-bond donors (Lipinski definition) is 0. The van der Waals surface area contributed by atoms with Crippen LogP contribution in [0.15, 0.2) is 71.4 Å². The van der Waals surface area contributed by atoms with Crippen molar-refractivity contribution in [3.05, 3.63) is 72.7 Å². The van der Waals surface area contributed by atoms with E-state index >= 15 is 0 Å². The summed E-state index contributed by atoms with van der Waals surface area (Å²) in [6.45, 7) is 13.8. The number of ether oxygens (including phenoxy) is 1. The topological polar surface area (TPSA) is 68.5 Å². The molecule has 1 aliphatic rings. The van der Waals surface area contributed by atoms with Gasteiger partial charge < -0.3 is 18.6 Å². The first kappa shape index (κ1) is 23.5. The molecule has 0 aliphatic carbocycles. The highest BCUT2D eigenvalue weighted by Gasteiger charge is 2.39. The Morgan fingerprint density at radius 1 is 1.41 bits per heavy atom. The lowest BCUT2D eigenvalue weighted by Crippen LogP contribution is -2.44. The van der Waals surface area contributed by atoms with Gasteiger partial charge in [0.2, 0.25) is 5.82 Å². The Balaban J connectivity index is 1.64. The van der Waals surface area contributed by atoms with Crippen LogP contribution < -0.4 is 0 Å². The van der Waals surface area contributed by atoms with Crippen molar-refractivity contribution in [2.24, 2.45) is 0 Å². The van der Waals surface area contributed by atoms with E-state index in [0.717, 1.165) is 24.2 Å². The maximum atomic E-state index is 13.0.